The molecule has 1 amide bonds. The molecule has 0 fully saturated rings. The van der Waals surface area contributed by atoms with Crippen molar-refractivity contribution in [1.82, 2.24) is 4.90 Å². The molecule has 170 valence electrons. The quantitative estimate of drug-likeness (QED) is 0.486. The summed E-state index contributed by atoms with van der Waals surface area (Å²) in [4.78, 5) is 26.1. The van der Waals surface area contributed by atoms with Crippen molar-refractivity contribution in [2.45, 2.75) is 38.3 Å². The Morgan fingerprint density at radius 1 is 1.06 bits per heavy atom. The van der Waals surface area contributed by atoms with Gasteiger partial charge in [-0.05, 0) is 47.9 Å². The van der Waals surface area contributed by atoms with E-state index in [1.807, 2.05) is 73.7 Å². The molecule has 0 saturated heterocycles. The highest BCUT2D eigenvalue weighted by molar-refractivity contribution is 6.31. The topological polar surface area (TPSA) is 66.8 Å². The lowest BCUT2D eigenvalue weighted by atomic mass is 9.91. The van der Waals surface area contributed by atoms with Gasteiger partial charge in [-0.15, -0.1) is 0 Å². The lowest BCUT2D eigenvalue weighted by Gasteiger charge is -2.24. The number of ether oxygens (including phenoxy) is 1. The van der Waals surface area contributed by atoms with E-state index < -0.39 is 11.6 Å². The second kappa shape index (κ2) is 9.67. The first-order chi connectivity index (χ1) is 15.8. The summed E-state index contributed by atoms with van der Waals surface area (Å²) in [7, 11) is 0. The van der Waals surface area contributed by atoms with Crippen LogP contribution in [0.5, 0.6) is 5.75 Å². The Bertz CT molecular complexity index is 1160. The summed E-state index contributed by atoms with van der Waals surface area (Å²) in [6.07, 6.45) is 1.20. The third-order valence-corrected chi connectivity index (χ3v) is 6.22. The fraction of sp³-hybridized carbons (Fsp3) is 0.259. The van der Waals surface area contributed by atoms with Crippen molar-refractivity contribution in [3.8, 4) is 5.75 Å². The van der Waals surface area contributed by atoms with Gasteiger partial charge in [-0.3, -0.25) is 9.59 Å². The normalized spacial score (nSPS) is 16.7. The molecule has 0 aliphatic carbocycles. The van der Waals surface area contributed by atoms with Gasteiger partial charge in [0.25, 0.3) is 5.91 Å². The summed E-state index contributed by atoms with van der Waals surface area (Å²) in [6.45, 7) is 2.54. The minimum absolute atomic E-state index is 0.109. The molecular weight excluding hydrogens is 438 g/mol. The standard InChI is InChI=1S/C27H26ClNO4/c1-27(16-21-9-5-6-10-23(21)28)17-22-15-20(11-12-24(22)33-27)26(32)29(14-13-25(30)31)18-19-7-3-2-4-8-19/h2-12,15H,13-14,16-18H2,1H3,(H,30,31)/t27-/m0/s1. The number of halogens is 1. The molecule has 3 aromatic rings. The number of fused-ring (bicyclic) bond motifs is 1. The van der Waals surface area contributed by atoms with Crippen LogP contribution in [0.4, 0.5) is 0 Å². The smallest absolute Gasteiger partial charge is 0.305 e. The van der Waals surface area contributed by atoms with Crippen molar-refractivity contribution < 1.29 is 19.4 Å². The molecule has 5 nitrogen and oxygen atoms in total. The largest absolute Gasteiger partial charge is 0.487 e. The molecule has 0 bridgehead atoms. The lowest BCUT2D eigenvalue weighted by molar-refractivity contribution is -0.137. The number of nitrogens with zero attached hydrogens (tertiary/aromatic N) is 1. The second-order valence-corrected chi connectivity index (χ2v) is 9.08. The molecule has 1 heterocycles. The van der Waals surface area contributed by atoms with E-state index in [2.05, 4.69) is 0 Å². The summed E-state index contributed by atoms with van der Waals surface area (Å²) in [5.74, 6) is -0.359. The summed E-state index contributed by atoms with van der Waals surface area (Å²) >= 11 is 6.35. The number of carbonyl (C=O) groups excluding carboxylic acids is 1. The Balaban J connectivity index is 1.53. The van der Waals surface area contributed by atoms with Crippen molar-refractivity contribution >= 4 is 23.5 Å². The van der Waals surface area contributed by atoms with Crippen LogP contribution < -0.4 is 4.74 Å². The van der Waals surface area contributed by atoms with Gasteiger partial charge in [-0.1, -0.05) is 60.1 Å². The monoisotopic (exact) mass is 463 g/mol. The summed E-state index contributed by atoms with van der Waals surface area (Å²) in [5.41, 5.74) is 3.01. The minimum atomic E-state index is -0.932. The highest BCUT2D eigenvalue weighted by atomic mass is 35.5. The van der Waals surface area contributed by atoms with E-state index in [0.29, 0.717) is 30.0 Å². The molecule has 0 radical (unpaired) electrons. The molecule has 1 aliphatic rings. The maximum Gasteiger partial charge on any atom is 0.305 e. The van der Waals surface area contributed by atoms with Gasteiger partial charge in [0.05, 0.1) is 6.42 Å². The third-order valence-electron chi connectivity index (χ3n) is 5.85. The average molecular weight is 464 g/mol. The molecule has 0 unspecified atom stereocenters. The molecule has 1 N–H and O–H groups in total. The number of benzene rings is 3. The van der Waals surface area contributed by atoms with E-state index in [1.165, 1.54) is 0 Å². The van der Waals surface area contributed by atoms with Crippen LogP contribution in [0.1, 0.15) is 40.4 Å². The predicted octanol–water partition coefficient (Wildman–Crippen LogP) is 5.39. The SMILES string of the molecule is C[C@]1(Cc2ccccc2Cl)Cc2cc(C(=O)N(CCC(=O)O)Cc3ccccc3)ccc2O1. The molecule has 33 heavy (non-hydrogen) atoms. The van der Waals surface area contributed by atoms with Crippen LogP contribution in [-0.2, 0) is 24.2 Å². The third kappa shape index (κ3) is 5.55. The zero-order valence-corrected chi connectivity index (χ0v) is 19.2. The Hall–Kier alpha value is -3.31. The van der Waals surface area contributed by atoms with E-state index >= 15 is 0 Å². The van der Waals surface area contributed by atoms with E-state index in [4.69, 9.17) is 21.4 Å². The highest BCUT2D eigenvalue weighted by Crippen LogP contribution is 2.38. The Morgan fingerprint density at radius 3 is 2.52 bits per heavy atom. The van der Waals surface area contributed by atoms with Gasteiger partial charge in [0.1, 0.15) is 11.4 Å². The zero-order valence-electron chi connectivity index (χ0n) is 18.5. The van der Waals surface area contributed by atoms with Gasteiger partial charge >= 0.3 is 5.97 Å². The number of aliphatic carboxylic acids is 1. The molecule has 0 aromatic heterocycles. The average Bonchev–Trinajstić information content (AvgIpc) is 3.13. The summed E-state index contributed by atoms with van der Waals surface area (Å²) < 4.78 is 6.26. The predicted molar refractivity (Wildman–Crippen MR) is 128 cm³/mol. The molecular formula is C27H26ClNO4. The Labute approximate surface area is 198 Å². The van der Waals surface area contributed by atoms with Crippen LogP contribution in [-0.4, -0.2) is 34.0 Å². The number of amides is 1. The Kier molecular flexibility index (Phi) is 6.70. The first kappa shape index (κ1) is 22.9. The number of rotatable bonds is 8. The number of carboxylic acids is 1. The molecule has 0 spiro atoms. The van der Waals surface area contributed by atoms with E-state index in [1.54, 1.807) is 11.0 Å². The van der Waals surface area contributed by atoms with Crippen LogP contribution in [0, 0.1) is 0 Å². The van der Waals surface area contributed by atoms with Gasteiger partial charge in [-0.2, -0.15) is 0 Å². The first-order valence-corrected chi connectivity index (χ1v) is 11.3. The van der Waals surface area contributed by atoms with Crippen molar-refractivity contribution in [3.05, 3.63) is 100 Å². The zero-order chi connectivity index (χ0) is 23.4. The molecule has 1 atom stereocenters. The maximum atomic E-state index is 13.3. The molecule has 1 aliphatic heterocycles. The fourth-order valence-corrected chi connectivity index (χ4v) is 4.47. The highest BCUT2D eigenvalue weighted by Gasteiger charge is 2.36. The van der Waals surface area contributed by atoms with Crippen LogP contribution in [0.3, 0.4) is 0 Å². The molecule has 6 heteroatoms. The lowest BCUT2D eigenvalue weighted by Crippen LogP contribution is -2.33. The summed E-state index contributed by atoms with van der Waals surface area (Å²) in [6, 6.07) is 22.8. The number of carboxylic acid groups (broad SMARTS) is 1. The van der Waals surface area contributed by atoms with Gasteiger partial charge in [0.2, 0.25) is 0 Å². The van der Waals surface area contributed by atoms with Crippen LogP contribution in [0.25, 0.3) is 0 Å². The number of hydrogen-bond acceptors (Lipinski definition) is 3. The van der Waals surface area contributed by atoms with E-state index in [-0.39, 0.29) is 18.9 Å². The minimum Gasteiger partial charge on any atom is -0.487 e. The summed E-state index contributed by atoms with van der Waals surface area (Å²) in [5, 5.41) is 9.85. The van der Waals surface area contributed by atoms with Gasteiger partial charge < -0.3 is 14.7 Å². The van der Waals surface area contributed by atoms with Gasteiger partial charge in [0, 0.05) is 36.5 Å². The molecule has 3 aromatic carbocycles. The Morgan fingerprint density at radius 2 is 1.79 bits per heavy atom. The first-order valence-electron chi connectivity index (χ1n) is 10.9. The van der Waals surface area contributed by atoms with Gasteiger partial charge in [0.15, 0.2) is 0 Å². The molecule has 4 rings (SSSR count). The number of hydrogen-bond donors (Lipinski definition) is 1. The van der Waals surface area contributed by atoms with Gasteiger partial charge in [-0.25, -0.2) is 0 Å². The van der Waals surface area contributed by atoms with Crippen LogP contribution >= 0.6 is 11.6 Å². The van der Waals surface area contributed by atoms with Crippen molar-refractivity contribution in [3.63, 3.8) is 0 Å². The van der Waals surface area contributed by atoms with E-state index in [9.17, 15) is 9.59 Å². The van der Waals surface area contributed by atoms with Crippen molar-refractivity contribution in [2.24, 2.45) is 0 Å². The molecule has 0 saturated carbocycles. The second-order valence-electron chi connectivity index (χ2n) is 8.68. The fourth-order valence-electron chi connectivity index (χ4n) is 4.27. The number of carbonyl (C=O) groups is 2. The van der Waals surface area contributed by atoms with Crippen molar-refractivity contribution in [2.75, 3.05) is 6.54 Å². The van der Waals surface area contributed by atoms with Crippen molar-refractivity contribution in [1.29, 1.82) is 0 Å². The maximum absolute atomic E-state index is 13.3. The van der Waals surface area contributed by atoms with Crippen LogP contribution in [0.15, 0.2) is 72.8 Å². The van der Waals surface area contributed by atoms with Crippen LogP contribution in [0.2, 0.25) is 5.02 Å². The van der Waals surface area contributed by atoms with E-state index in [0.717, 1.165) is 22.4 Å².